The van der Waals surface area contributed by atoms with Crippen molar-refractivity contribution in [3.63, 3.8) is 0 Å². The fraction of sp³-hybridized carbons (Fsp3) is 0.583. The van der Waals surface area contributed by atoms with Crippen molar-refractivity contribution in [1.82, 2.24) is 4.90 Å². The Labute approximate surface area is 114 Å². The number of nitrogens with zero attached hydrogens (tertiary/aromatic N) is 1. The van der Waals surface area contributed by atoms with Crippen molar-refractivity contribution in [2.24, 2.45) is 0 Å². The number of carbonyl (C=O) groups excluding carboxylic acids is 1. The predicted octanol–water partition coefficient (Wildman–Crippen LogP) is 3.45. The average molecular weight is 298 g/mol. The van der Waals surface area contributed by atoms with Crippen LogP contribution in [0.4, 0.5) is 13.2 Å². The van der Waals surface area contributed by atoms with Crippen LogP contribution in [-0.4, -0.2) is 36.0 Å². The lowest BCUT2D eigenvalue weighted by Gasteiger charge is -2.23. The Morgan fingerprint density at radius 1 is 1.26 bits per heavy atom. The van der Waals surface area contributed by atoms with Crippen LogP contribution in [0.15, 0.2) is 4.42 Å². The van der Waals surface area contributed by atoms with Gasteiger partial charge in [0.1, 0.15) is 18.1 Å². The third-order valence-corrected chi connectivity index (χ3v) is 2.96. The van der Waals surface area contributed by atoms with E-state index in [1.807, 2.05) is 0 Å². The Hall–Kier alpha value is -1.17. The van der Waals surface area contributed by atoms with Gasteiger partial charge in [-0.05, 0) is 20.8 Å². The quantitative estimate of drug-likeness (QED) is 0.798. The van der Waals surface area contributed by atoms with Gasteiger partial charge in [0.2, 0.25) is 0 Å². The number of rotatable bonds is 4. The van der Waals surface area contributed by atoms with Gasteiger partial charge in [-0.1, -0.05) is 0 Å². The summed E-state index contributed by atoms with van der Waals surface area (Å²) in [7, 11) is 0. The molecule has 1 amide bonds. The van der Waals surface area contributed by atoms with Crippen LogP contribution >= 0.6 is 11.6 Å². The van der Waals surface area contributed by atoms with Crippen LogP contribution < -0.4 is 0 Å². The van der Waals surface area contributed by atoms with Gasteiger partial charge in [0, 0.05) is 18.0 Å². The van der Waals surface area contributed by atoms with Crippen LogP contribution in [0.5, 0.6) is 0 Å². The minimum absolute atomic E-state index is 0.0588. The first-order valence-electron chi connectivity index (χ1n) is 5.66. The molecule has 0 saturated heterocycles. The Morgan fingerprint density at radius 3 is 2.21 bits per heavy atom. The molecule has 7 heteroatoms. The molecule has 0 N–H and O–H groups in total. The molecule has 19 heavy (non-hydrogen) atoms. The van der Waals surface area contributed by atoms with E-state index in [9.17, 15) is 18.0 Å². The summed E-state index contributed by atoms with van der Waals surface area (Å²) in [6.07, 6.45) is -4.46. The first kappa shape index (κ1) is 15.9. The van der Waals surface area contributed by atoms with Crippen LogP contribution in [0.1, 0.15) is 27.4 Å². The highest BCUT2D eigenvalue weighted by molar-refractivity contribution is 6.18. The molecule has 0 bridgehead atoms. The topological polar surface area (TPSA) is 33.5 Å². The number of alkyl halides is 4. The molecular weight excluding hydrogens is 283 g/mol. The second-order valence-electron chi connectivity index (χ2n) is 4.25. The molecule has 1 heterocycles. The number of amides is 1. The molecule has 108 valence electrons. The van der Waals surface area contributed by atoms with E-state index in [2.05, 4.69) is 0 Å². The van der Waals surface area contributed by atoms with Crippen molar-refractivity contribution in [2.75, 3.05) is 19.0 Å². The van der Waals surface area contributed by atoms with Crippen molar-refractivity contribution in [1.29, 1.82) is 0 Å². The summed E-state index contributed by atoms with van der Waals surface area (Å²) in [5.41, 5.74) is 0.746. The molecule has 1 rings (SSSR count). The number of carbonyl (C=O) groups is 1. The summed E-state index contributed by atoms with van der Waals surface area (Å²) < 4.78 is 42.6. The maximum Gasteiger partial charge on any atom is 0.406 e. The zero-order chi connectivity index (χ0) is 14.8. The molecule has 0 spiro atoms. The summed E-state index contributed by atoms with van der Waals surface area (Å²) >= 11 is 5.46. The van der Waals surface area contributed by atoms with E-state index in [0.717, 1.165) is 0 Å². The summed E-state index contributed by atoms with van der Waals surface area (Å²) in [4.78, 5) is 12.9. The zero-order valence-corrected chi connectivity index (χ0v) is 11.7. The predicted molar refractivity (Wildman–Crippen MR) is 65.6 cm³/mol. The smallest absolute Gasteiger partial charge is 0.406 e. The number of hydrogen-bond acceptors (Lipinski definition) is 2. The molecule has 0 atom stereocenters. The van der Waals surface area contributed by atoms with E-state index in [-0.39, 0.29) is 18.0 Å². The maximum absolute atomic E-state index is 12.5. The molecule has 0 fully saturated rings. The maximum atomic E-state index is 12.5. The second kappa shape index (κ2) is 5.86. The third-order valence-electron chi connectivity index (χ3n) is 2.79. The van der Waals surface area contributed by atoms with Gasteiger partial charge < -0.3 is 9.32 Å². The van der Waals surface area contributed by atoms with E-state index in [0.29, 0.717) is 22.0 Å². The normalized spacial score (nSPS) is 11.7. The van der Waals surface area contributed by atoms with Crippen molar-refractivity contribution in [3.8, 4) is 0 Å². The number of furan rings is 1. The standard InChI is InChI=1S/C12H15ClF3NO2/c1-7-8(2)19-9(3)10(7)11(18)17(5-4-13)6-12(14,15)16/h4-6H2,1-3H3. The SMILES string of the molecule is Cc1oc(C)c(C(=O)N(CCCl)CC(F)(F)F)c1C. The minimum atomic E-state index is -4.46. The molecular formula is C12H15ClF3NO2. The Morgan fingerprint density at radius 2 is 1.84 bits per heavy atom. The minimum Gasteiger partial charge on any atom is -0.466 e. The average Bonchev–Trinajstić information content (AvgIpc) is 2.50. The van der Waals surface area contributed by atoms with Gasteiger partial charge in [-0.3, -0.25) is 4.79 Å². The third kappa shape index (κ3) is 3.89. The fourth-order valence-electron chi connectivity index (χ4n) is 1.84. The fourth-order valence-corrected chi connectivity index (χ4v) is 2.04. The summed E-state index contributed by atoms with van der Waals surface area (Å²) in [5.74, 6) is 0.0850. The number of hydrogen-bond donors (Lipinski definition) is 0. The van der Waals surface area contributed by atoms with Crippen molar-refractivity contribution < 1.29 is 22.4 Å². The monoisotopic (exact) mass is 297 g/mol. The molecule has 0 aliphatic rings. The Kier molecular flexibility index (Phi) is 4.90. The lowest BCUT2D eigenvalue weighted by Crippen LogP contribution is -2.40. The first-order valence-corrected chi connectivity index (χ1v) is 6.19. The number of halogens is 4. The number of aryl methyl sites for hydroxylation is 2. The molecule has 0 unspecified atom stereocenters. The molecule has 0 radical (unpaired) electrons. The van der Waals surface area contributed by atoms with Crippen LogP contribution in [-0.2, 0) is 0 Å². The first-order chi connectivity index (χ1) is 8.67. The Bertz CT molecular complexity index is 468. The van der Waals surface area contributed by atoms with Crippen LogP contribution in [0.3, 0.4) is 0 Å². The molecule has 0 aromatic carbocycles. The van der Waals surface area contributed by atoms with Crippen molar-refractivity contribution in [2.45, 2.75) is 26.9 Å². The van der Waals surface area contributed by atoms with Gasteiger partial charge in [0.05, 0.1) is 5.56 Å². The van der Waals surface area contributed by atoms with E-state index in [1.165, 1.54) is 0 Å². The molecule has 1 aromatic heterocycles. The summed E-state index contributed by atoms with van der Waals surface area (Å²) in [6.45, 7) is 3.38. The molecule has 3 nitrogen and oxygen atoms in total. The van der Waals surface area contributed by atoms with E-state index in [1.54, 1.807) is 20.8 Å². The molecule has 1 aromatic rings. The van der Waals surface area contributed by atoms with Crippen molar-refractivity contribution in [3.05, 3.63) is 22.6 Å². The highest BCUT2D eigenvalue weighted by atomic mass is 35.5. The highest BCUT2D eigenvalue weighted by Gasteiger charge is 2.34. The summed E-state index contributed by atoms with van der Waals surface area (Å²) in [6, 6.07) is 0. The van der Waals surface area contributed by atoms with Gasteiger partial charge in [-0.25, -0.2) is 0 Å². The lowest BCUT2D eigenvalue weighted by molar-refractivity contribution is -0.140. The zero-order valence-electron chi connectivity index (χ0n) is 10.9. The van der Waals surface area contributed by atoms with Gasteiger partial charge in [-0.2, -0.15) is 13.2 Å². The van der Waals surface area contributed by atoms with Crippen LogP contribution in [0.2, 0.25) is 0 Å². The highest BCUT2D eigenvalue weighted by Crippen LogP contribution is 2.24. The molecule has 0 saturated carbocycles. The van der Waals surface area contributed by atoms with Crippen LogP contribution in [0, 0.1) is 20.8 Å². The van der Waals surface area contributed by atoms with Gasteiger partial charge in [0.25, 0.3) is 5.91 Å². The van der Waals surface area contributed by atoms with Gasteiger partial charge in [-0.15, -0.1) is 11.6 Å². The van der Waals surface area contributed by atoms with Crippen molar-refractivity contribution >= 4 is 17.5 Å². The van der Waals surface area contributed by atoms with E-state index < -0.39 is 18.6 Å². The summed E-state index contributed by atoms with van der Waals surface area (Å²) in [5, 5.41) is 0. The molecule has 0 aliphatic heterocycles. The van der Waals surface area contributed by atoms with Gasteiger partial charge >= 0.3 is 6.18 Å². The van der Waals surface area contributed by atoms with E-state index >= 15 is 0 Å². The largest absolute Gasteiger partial charge is 0.466 e. The molecule has 0 aliphatic carbocycles. The van der Waals surface area contributed by atoms with E-state index in [4.69, 9.17) is 16.0 Å². The second-order valence-corrected chi connectivity index (χ2v) is 4.62. The Balaban J connectivity index is 3.06. The van der Waals surface area contributed by atoms with Gasteiger partial charge in [0.15, 0.2) is 0 Å². The lowest BCUT2D eigenvalue weighted by atomic mass is 10.1. The van der Waals surface area contributed by atoms with Crippen LogP contribution in [0.25, 0.3) is 0 Å².